The zero-order chi connectivity index (χ0) is 13.7. The molecule has 6 heteroatoms. The van der Waals surface area contributed by atoms with Gasteiger partial charge in [0, 0.05) is 0 Å². The lowest BCUT2D eigenvalue weighted by atomic mass is 10.1. The van der Waals surface area contributed by atoms with Crippen LogP contribution in [0.15, 0.2) is 0 Å². The fourth-order valence-electron chi connectivity index (χ4n) is 1.84. The second-order valence-electron chi connectivity index (χ2n) is 4.65. The molecular weight excluding hydrogens is 253 g/mol. The predicted octanol–water partition coefficient (Wildman–Crippen LogP) is 2.96. The molecule has 0 aromatic heterocycles. The maximum atomic E-state index is 10.4. The van der Waals surface area contributed by atoms with Crippen molar-refractivity contribution in [3.63, 3.8) is 0 Å². The lowest BCUT2D eigenvalue weighted by Gasteiger charge is -2.05. The fraction of sp³-hybridized carbons (Fsp3) is 1.00. The first-order valence-electron chi connectivity index (χ1n) is 6.96. The molecule has 0 unspecified atom stereocenters. The summed E-state index contributed by atoms with van der Waals surface area (Å²) in [5, 5.41) is 0. The zero-order valence-corrected chi connectivity index (χ0v) is 12.1. The third-order valence-electron chi connectivity index (χ3n) is 2.86. The Labute approximate surface area is 110 Å². The van der Waals surface area contributed by atoms with Gasteiger partial charge in [0.15, 0.2) is 0 Å². The maximum Gasteiger partial charge on any atom is 0.469 e. The van der Waals surface area contributed by atoms with Gasteiger partial charge in [-0.05, 0) is 19.4 Å². The molecule has 0 rings (SSSR count). The van der Waals surface area contributed by atoms with Crippen molar-refractivity contribution in [2.75, 3.05) is 13.2 Å². The van der Waals surface area contributed by atoms with Crippen LogP contribution >= 0.6 is 7.82 Å². The molecule has 0 radical (unpaired) electrons. The van der Waals surface area contributed by atoms with E-state index in [-0.39, 0.29) is 6.61 Å². The number of hydrogen-bond donors (Lipinski definition) is 3. The normalized spacial score (nSPS) is 11.9. The number of phosphoric acid groups is 1. The lowest BCUT2D eigenvalue weighted by Crippen LogP contribution is -1.97. The molecule has 0 heterocycles. The van der Waals surface area contributed by atoms with Crippen molar-refractivity contribution in [1.29, 1.82) is 0 Å². The van der Waals surface area contributed by atoms with Gasteiger partial charge in [-0.2, -0.15) is 0 Å². The Balaban J connectivity index is 3.01. The molecule has 0 aliphatic heterocycles. The quantitative estimate of drug-likeness (QED) is 0.356. The van der Waals surface area contributed by atoms with Crippen LogP contribution in [0.1, 0.15) is 64.2 Å². The van der Waals surface area contributed by atoms with Gasteiger partial charge in [-0.15, -0.1) is 0 Å². The van der Waals surface area contributed by atoms with Crippen molar-refractivity contribution >= 4 is 7.82 Å². The molecule has 0 aromatic rings. The number of hydrogen-bond acceptors (Lipinski definition) is 3. The van der Waals surface area contributed by atoms with Gasteiger partial charge in [0.05, 0.1) is 6.61 Å². The van der Waals surface area contributed by atoms with Crippen LogP contribution < -0.4 is 5.73 Å². The van der Waals surface area contributed by atoms with Gasteiger partial charge in [0.25, 0.3) is 0 Å². The van der Waals surface area contributed by atoms with Crippen LogP contribution in [0.5, 0.6) is 0 Å². The molecule has 0 bridgehead atoms. The van der Waals surface area contributed by atoms with E-state index >= 15 is 0 Å². The Morgan fingerprint density at radius 1 is 0.778 bits per heavy atom. The molecule has 0 aliphatic carbocycles. The van der Waals surface area contributed by atoms with E-state index in [0.717, 1.165) is 32.2 Å². The van der Waals surface area contributed by atoms with E-state index < -0.39 is 7.82 Å². The van der Waals surface area contributed by atoms with Crippen molar-refractivity contribution in [2.24, 2.45) is 5.73 Å². The summed E-state index contributed by atoms with van der Waals surface area (Å²) < 4.78 is 14.7. The van der Waals surface area contributed by atoms with E-state index in [1.807, 2.05) is 0 Å². The summed E-state index contributed by atoms with van der Waals surface area (Å²) in [6.07, 6.45) is 11.5. The molecule has 0 saturated carbocycles. The summed E-state index contributed by atoms with van der Waals surface area (Å²) in [6, 6.07) is 0. The molecule has 4 N–H and O–H groups in total. The van der Waals surface area contributed by atoms with E-state index in [4.69, 9.17) is 15.5 Å². The molecule has 0 amide bonds. The first-order chi connectivity index (χ1) is 8.56. The Morgan fingerprint density at radius 3 is 1.56 bits per heavy atom. The minimum Gasteiger partial charge on any atom is -0.330 e. The highest BCUT2D eigenvalue weighted by molar-refractivity contribution is 7.46. The Bertz CT molecular complexity index is 220. The number of phosphoric ester groups is 1. The van der Waals surface area contributed by atoms with E-state index in [1.54, 1.807) is 0 Å². The SMILES string of the molecule is NCCCCCCCCCCCCOP(=O)(O)O. The van der Waals surface area contributed by atoms with Crippen molar-refractivity contribution in [1.82, 2.24) is 0 Å². The summed E-state index contributed by atoms with van der Waals surface area (Å²) >= 11 is 0. The van der Waals surface area contributed by atoms with Gasteiger partial charge in [0.2, 0.25) is 0 Å². The van der Waals surface area contributed by atoms with Gasteiger partial charge in [-0.3, -0.25) is 4.52 Å². The average molecular weight is 281 g/mol. The van der Waals surface area contributed by atoms with Gasteiger partial charge >= 0.3 is 7.82 Å². The monoisotopic (exact) mass is 281 g/mol. The van der Waals surface area contributed by atoms with E-state index in [1.165, 1.54) is 38.5 Å². The molecule has 0 aliphatic rings. The highest BCUT2D eigenvalue weighted by Crippen LogP contribution is 2.35. The van der Waals surface area contributed by atoms with Crippen LogP contribution in [0.25, 0.3) is 0 Å². The maximum absolute atomic E-state index is 10.4. The molecule has 0 saturated heterocycles. The lowest BCUT2D eigenvalue weighted by molar-refractivity contribution is 0.193. The summed E-state index contributed by atoms with van der Waals surface area (Å²) in [6.45, 7) is 0.958. The third kappa shape index (κ3) is 16.1. The molecular formula is C12H28NO4P. The van der Waals surface area contributed by atoms with Crippen molar-refractivity contribution in [3.05, 3.63) is 0 Å². The topological polar surface area (TPSA) is 92.8 Å². The third-order valence-corrected chi connectivity index (χ3v) is 3.38. The molecule has 110 valence electrons. The van der Waals surface area contributed by atoms with E-state index in [0.29, 0.717) is 0 Å². The molecule has 18 heavy (non-hydrogen) atoms. The second-order valence-corrected chi connectivity index (χ2v) is 5.89. The molecule has 0 atom stereocenters. The van der Waals surface area contributed by atoms with Crippen molar-refractivity contribution in [2.45, 2.75) is 64.2 Å². The van der Waals surface area contributed by atoms with Crippen LogP contribution in [0.3, 0.4) is 0 Å². The second kappa shape index (κ2) is 12.1. The number of rotatable bonds is 13. The highest BCUT2D eigenvalue weighted by Gasteiger charge is 2.12. The number of nitrogens with two attached hydrogens (primary N) is 1. The first-order valence-corrected chi connectivity index (χ1v) is 8.49. The van der Waals surface area contributed by atoms with Gasteiger partial charge < -0.3 is 15.5 Å². The largest absolute Gasteiger partial charge is 0.469 e. The molecule has 0 aromatic carbocycles. The van der Waals surface area contributed by atoms with Gasteiger partial charge in [-0.1, -0.05) is 51.4 Å². The van der Waals surface area contributed by atoms with Crippen LogP contribution in [-0.2, 0) is 9.09 Å². The number of unbranched alkanes of at least 4 members (excludes halogenated alkanes) is 9. The Kier molecular flexibility index (Phi) is 12.2. The summed E-state index contributed by atoms with van der Waals surface area (Å²) in [4.78, 5) is 16.9. The van der Waals surface area contributed by atoms with Crippen LogP contribution in [-0.4, -0.2) is 22.9 Å². The van der Waals surface area contributed by atoms with Crippen molar-refractivity contribution < 1.29 is 18.9 Å². The molecule has 0 fully saturated rings. The van der Waals surface area contributed by atoms with E-state index in [2.05, 4.69) is 4.52 Å². The van der Waals surface area contributed by atoms with Crippen LogP contribution in [0.2, 0.25) is 0 Å². The summed E-state index contributed by atoms with van der Waals surface area (Å²) in [7, 11) is -4.25. The van der Waals surface area contributed by atoms with Gasteiger partial charge in [0.1, 0.15) is 0 Å². The van der Waals surface area contributed by atoms with E-state index in [9.17, 15) is 4.57 Å². The van der Waals surface area contributed by atoms with Crippen LogP contribution in [0, 0.1) is 0 Å². The first kappa shape index (κ1) is 18.1. The predicted molar refractivity (Wildman–Crippen MR) is 73.2 cm³/mol. The molecule has 5 nitrogen and oxygen atoms in total. The standard InChI is InChI=1S/C12H28NO4P/c13-11-9-7-5-3-1-2-4-6-8-10-12-17-18(14,15)16/h1-13H2,(H2,14,15,16). The summed E-state index contributed by atoms with van der Waals surface area (Å²) in [5.41, 5.74) is 5.42. The highest BCUT2D eigenvalue weighted by atomic mass is 31.2. The van der Waals surface area contributed by atoms with Gasteiger partial charge in [-0.25, -0.2) is 4.57 Å². The fourth-order valence-corrected chi connectivity index (χ4v) is 2.21. The smallest absolute Gasteiger partial charge is 0.330 e. The molecule has 0 spiro atoms. The average Bonchev–Trinajstić information content (AvgIpc) is 2.29. The Hall–Kier alpha value is 0.0700. The summed E-state index contributed by atoms with van der Waals surface area (Å²) in [5.74, 6) is 0. The van der Waals surface area contributed by atoms with Crippen molar-refractivity contribution in [3.8, 4) is 0 Å². The minimum absolute atomic E-state index is 0.156. The minimum atomic E-state index is -4.25. The Morgan fingerprint density at radius 2 is 1.17 bits per heavy atom. The zero-order valence-electron chi connectivity index (χ0n) is 11.2. The van der Waals surface area contributed by atoms with Crippen LogP contribution in [0.4, 0.5) is 0 Å².